The second kappa shape index (κ2) is 5.83. The number of carbonyl (C=O) groups is 1. The lowest BCUT2D eigenvalue weighted by atomic mass is 10.0. The van der Waals surface area contributed by atoms with Gasteiger partial charge in [0.15, 0.2) is 0 Å². The SMILES string of the molecule is CCOC(=O)c1cc2c([nH]1)C=C(Br)C(OC(F)F)C2. The van der Waals surface area contributed by atoms with Crippen LogP contribution in [0.4, 0.5) is 8.78 Å². The first kappa shape index (κ1) is 14.2. The maximum atomic E-state index is 12.3. The zero-order valence-electron chi connectivity index (χ0n) is 10.1. The summed E-state index contributed by atoms with van der Waals surface area (Å²) in [6.07, 6.45) is 1.17. The summed E-state index contributed by atoms with van der Waals surface area (Å²) in [6.45, 7) is -0.848. The second-order valence-electron chi connectivity index (χ2n) is 3.96. The highest BCUT2D eigenvalue weighted by Crippen LogP contribution is 2.31. The van der Waals surface area contributed by atoms with Gasteiger partial charge in [-0.25, -0.2) is 4.79 Å². The molecule has 0 saturated carbocycles. The van der Waals surface area contributed by atoms with Crippen LogP contribution >= 0.6 is 15.9 Å². The normalized spacial score (nSPS) is 18.2. The molecule has 0 fully saturated rings. The Morgan fingerprint density at radius 1 is 1.63 bits per heavy atom. The van der Waals surface area contributed by atoms with Gasteiger partial charge in [0.25, 0.3) is 0 Å². The molecule has 0 aromatic carbocycles. The molecule has 0 aliphatic heterocycles. The Labute approximate surface area is 116 Å². The van der Waals surface area contributed by atoms with Gasteiger partial charge in [-0.05, 0) is 24.6 Å². The summed E-state index contributed by atoms with van der Waals surface area (Å²) in [5.74, 6) is -0.465. The number of hydrogen-bond donors (Lipinski definition) is 1. The van der Waals surface area contributed by atoms with Crippen molar-refractivity contribution in [2.24, 2.45) is 0 Å². The number of esters is 1. The summed E-state index contributed by atoms with van der Waals surface area (Å²) < 4.78 is 34.4. The first-order chi connectivity index (χ1) is 9.01. The largest absolute Gasteiger partial charge is 0.461 e. The lowest BCUT2D eigenvalue weighted by Crippen LogP contribution is -2.22. The van der Waals surface area contributed by atoms with Crippen molar-refractivity contribution < 1.29 is 23.0 Å². The van der Waals surface area contributed by atoms with E-state index in [0.717, 1.165) is 5.56 Å². The van der Waals surface area contributed by atoms with Crippen molar-refractivity contribution in [1.29, 1.82) is 0 Å². The zero-order valence-corrected chi connectivity index (χ0v) is 11.7. The van der Waals surface area contributed by atoms with E-state index >= 15 is 0 Å². The molecule has 1 N–H and O–H groups in total. The maximum Gasteiger partial charge on any atom is 0.354 e. The number of halogens is 3. The van der Waals surface area contributed by atoms with E-state index in [1.807, 2.05) is 0 Å². The molecule has 0 spiro atoms. The van der Waals surface area contributed by atoms with E-state index in [1.165, 1.54) is 0 Å². The van der Waals surface area contributed by atoms with Gasteiger partial charge in [-0.1, -0.05) is 15.9 Å². The highest BCUT2D eigenvalue weighted by atomic mass is 79.9. The second-order valence-corrected chi connectivity index (χ2v) is 4.88. The number of alkyl halides is 2. The Morgan fingerprint density at radius 3 is 3.00 bits per heavy atom. The molecule has 1 aliphatic carbocycles. The third kappa shape index (κ3) is 3.22. The molecule has 1 aromatic heterocycles. The Bertz CT molecular complexity index is 513. The molecule has 1 heterocycles. The number of aromatic amines is 1. The molecular formula is C12H12BrF2NO3. The summed E-state index contributed by atoms with van der Waals surface area (Å²) in [6, 6.07) is 1.60. The average Bonchev–Trinajstić information content (AvgIpc) is 2.72. The van der Waals surface area contributed by atoms with Crippen molar-refractivity contribution in [3.8, 4) is 0 Å². The van der Waals surface area contributed by atoms with Crippen molar-refractivity contribution in [2.45, 2.75) is 26.1 Å². The first-order valence-electron chi connectivity index (χ1n) is 5.71. The molecule has 7 heteroatoms. The Hall–Kier alpha value is -1.21. The highest BCUT2D eigenvalue weighted by Gasteiger charge is 2.26. The number of fused-ring (bicyclic) bond motifs is 1. The van der Waals surface area contributed by atoms with E-state index in [2.05, 4.69) is 25.7 Å². The Kier molecular flexibility index (Phi) is 4.36. The summed E-state index contributed by atoms with van der Waals surface area (Å²) >= 11 is 3.20. The Balaban J connectivity index is 2.20. The minimum absolute atomic E-state index is 0.270. The molecule has 1 aromatic rings. The lowest BCUT2D eigenvalue weighted by molar-refractivity contribution is -0.150. The molecule has 0 saturated heterocycles. The Morgan fingerprint density at radius 2 is 2.37 bits per heavy atom. The van der Waals surface area contributed by atoms with E-state index in [1.54, 1.807) is 19.1 Å². The van der Waals surface area contributed by atoms with Gasteiger partial charge >= 0.3 is 12.6 Å². The highest BCUT2D eigenvalue weighted by molar-refractivity contribution is 9.11. The minimum atomic E-state index is -2.84. The minimum Gasteiger partial charge on any atom is -0.461 e. The van der Waals surface area contributed by atoms with Crippen LogP contribution in [-0.2, 0) is 15.9 Å². The summed E-state index contributed by atoms with van der Waals surface area (Å²) in [5.41, 5.74) is 1.75. The zero-order chi connectivity index (χ0) is 14.0. The molecule has 1 atom stereocenters. The number of aromatic nitrogens is 1. The van der Waals surface area contributed by atoms with Gasteiger partial charge < -0.3 is 14.5 Å². The van der Waals surface area contributed by atoms with Crippen molar-refractivity contribution in [3.05, 3.63) is 27.5 Å². The van der Waals surface area contributed by atoms with E-state index in [0.29, 0.717) is 15.9 Å². The summed E-state index contributed by atoms with van der Waals surface area (Å²) in [7, 11) is 0. The van der Waals surface area contributed by atoms with Crippen LogP contribution in [0.1, 0.15) is 28.7 Å². The fraction of sp³-hybridized carbons (Fsp3) is 0.417. The van der Waals surface area contributed by atoms with E-state index in [-0.39, 0.29) is 13.0 Å². The monoisotopic (exact) mass is 335 g/mol. The van der Waals surface area contributed by atoms with Crippen LogP contribution in [0.15, 0.2) is 10.5 Å². The predicted molar refractivity (Wildman–Crippen MR) is 68.2 cm³/mol. The summed E-state index contributed by atoms with van der Waals surface area (Å²) in [5, 5.41) is 0. The summed E-state index contributed by atoms with van der Waals surface area (Å²) in [4.78, 5) is 14.5. The molecular weight excluding hydrogens is 324 g/mol. The van der Waals surface area contributed by atoms with E-state index in [4.69, 9.17) is 4.74 Å². The van der Waals surface area contributed by atoms with Crippen molar-refractivity contribution in [1.82, 2.24) is 4.98 Å². The molecule has 19 heavy (non-hydrogen) atoms. The number of rotatable bonds is 4. The number of nitrogens with one attached hydrogen (secondary N) is 1. The van der Waals surface area contributed by atoms with Gasteiger partial charge in [0.05, 0.1) is 12.7 Å². The van der Waals surface area contributed by atoms with Crippen molar-refractivity contribution >= 4 is 28.0 Å². The molecule has 0 amide bonds. The predicted octanol–water partition coefficient (Wildman–Crippen LogP) is 3.09. The molecule has 1 aliphatic rings. The van der Waals surface area contributed by atoms with Crippen LogP contribution < -0.4 is 0 Å². The van der Waals surface area contributed by atoms with Gasteiger partial charge in [-0.2, -0.15) is 8.78 Å². The standard InChI is InChI=1S/C12H12BrF2NO3/c1-2-18-11(17)9-3-6-4-10(19-12(14)15)7(13)5-8(6)16-9/h3,5,10,12,16H,2,4H2,1H3. The van der Waals surface area contributed by atoms with Crippen LogP contribution in [-0.4, -0.2) is 30.3 Å². The van der Waals surface area contributed by atoms with Gasteiger partial charge in [0.2, 0.25) is 0 Å². The third-order valence-corrected chi connectivity index (χ3v) is 3.43. The van der Waals surface area contributed by atoms with Gasteiger partial charge in [-0.15, -0.1) is 0 Å². The van der Waals surface area contributed by atoms with Crippen molar-refractivity contribution in [2.75, 3.05) is 6.61 Å². The molecule has 4 nitrogen and oxygen atoms in total. The first-order valence-corrected chi connectivity index (χ1v) is 6.50. The van der Waals surface area contributed by atoms with Gasteiger partial charge in [-0.3, -0.25) is 0 Å². The lowest BCUT2D eigenvalue weighted by Gasteiger charge is -2.20. The smallest absolute Gasteiger partial charge is 0.354 e. The third-order valence-electron chi connectivity index (χ3n) is 2.69. The number of ether oxygens (including phenoxy) is 2. The topological polar surface area (TPSA) is 51.3 Å². The van der Waals surface area contributed by atoms with Crippen LogP contribution in [0, 0.1) is 0 Å². The van der Waals surface area contributed by atoms with Crippen LogP contribution in [0.25, 0.3) is 6.08 Å². The van der Waals surface area contributed by atoms with Crippen molar-refractivity contribution in [3.63, 3.8) is 0 Å². The molecule has 1 unspecified atom stereocenters. The molecule has 104 valence electrons. The molecule has 0 bridgehead atoms. The van der Waals surface area contributed by atoms with E-state index < -0.39 is 18.7 Å². The fourth-order valence-corrected chi connectivity index (χ4v) is 2.39. The van der Waals surface area contributed by atoms with Crippen LogP contribution in [0.5, 0.6) is 0 Å². The molecule has 0 radical (unpaired) electrons. The quantitative estimate of drug-likeness (QED) is 0.860. The fourth-order valence-electron chi connectivity index (χ4n) is 1.90. The number of hydrogen-bond acceptors (Lipinski definition) is 3. The van der Waals surface area contributed by atoms with E-state index in [9.17, 15) is 13.6 Å². The number of H-pyrrole nitrogens is 1. The number of carbonyl (C=O) groups excluding carboxylic acids is 1. The van der Waals surface area contributed by atoms with Gasteiger partial charge in [0.1, 0.15) is 5.69 Å². The average molecular weight is 336 g/mol. The van der Waals surface area contributed by atoms with Crippen LogP contribution in [0.3, 0.4) is 0 Å². The van der Waals surface area contributed by atoms with Gasteiger partial charge in [0, 0.05) is 16.6 Å². The maximum absolute atomic E-state index is 12.3. The van der Waals surface area contributed by atoms with Crippen LogP contribution in [0.2, 0.25) is 0 Å². The molecule has 2 rings (SSSR count).